The quantitative estimate of drug-likeness (QED) is 0.0980. The first-order valence-corrected chi connectivity index (χ1v) is 20.4. The van der Waals surface area contributed by atoms with Gasteiger partial charge in [0.1, 0.15) is 0 Å². The summed E-state index contributed by atoms with van der Waals surface area (Å²) in [6.45, 7) is 4.34. The van der Waals surface area contributed by atoms with Crippen molar-refractivity contribution in [3.05, 3.63) is 230 Å². The first-order chi connectivity index (χ1) is 29.1. The molecule has 2 nitrogen and oxygen atoms in total. The Morgan fingerprint density at radius 2 is 0.932 bits per heavy atom. The Morgan fingerprint density at radius 3 is 1.56 bits per heavy atom. The summed E-state index contributed by atoms with van der Waals surface area (Å²) in [7, 11) is 0. The molecule has 0 amide bonds. The van der Waals surface area contributed by atoms with Crippen molar-refractivity contribution >= 4 is 60.2 Å². The highest BCUT2D eigenvalue weighted by molar-refractivity contribution is 6.22. The predicted octanol–water partition coefficient (Wildman–Crippen LogP) is 15.2. The van der Waals surface area contributed by atoms with Crippen molar-refractivity contribution < 1.29 is 0 Å². The van der Waals surface area contributed by atoms with Crippen LogP contribution in [0.4, 0.5) is 11.4 Å². The zero-order valence-electron chi connectivity index (χ0n) is 32.5. The standard InChI is InChI=1S/C57H40N2/c1-2-52-56(57(58)39-17-5-3-6-18-39)51-36-43(30-32-53(51)59(52)46-21-7-4-8-22-46)42-29-31-49-50(35-42)55(45-28-26-38-16-10-12-20-41(38)34-45)48-24-14-13-23-47(48)54(49)44-27-25-37-15-9-11-19-40(37)33-44/h2-36,52,56,58H,1H2. The summed E-state index contributed by atoms with van der Waals surface area (Å²) in [6.07, 6.45) is 2.01. The topological polar surface area (TPSA) is 27.1 Å². The van der Waals surface area contributed by atoms with Crippen molar-refractivity contribution in [3.8, 4) is 33.4 Å². The molecule has 0 bridgehead atoms. The van der Waals surface area contributed by atoms with E-state index in [1.807, 2.05) is 36.4 Å². The summed E-state index contributed by atoms with van der Waals surface area (Å²) in [5.41, 5.74) is 12.0. The van der Waals surface area contributed by atoms with Gasteiger partial charge in [0, 0.05) is 17.1 Å². The summed E-state index contributed by atoms with van der Waals surface area (Å²) >= 11 is 0. The maximum Gasteiger partial charge on any atom is 0.0645 e. The van der Waals surface area contributed by atoms with Gasteiger partial charge in [-0.25, -0.2) is 0 Å². The van der Waals surface area contributed by atoms with Crippen molar-refractivity contribution in [2.75, 3.05) is 4.90 Å². The van der Waals surface area contributed by atoms with Gasteiger partial charge in [0.2, 0.25) is 0 Å². The molecule has 0 spiro atoms. The normalized spacial score (nSPS) is 14.9. The zero-order valence-corrected chi connectivity index (χ0v) is 32.5. The minimum absolute atomic E-state index is 0.123. The summed E-state index contributed by atoms with van der Waals surface area (Å²) < 4.78 is 0. The highest BCUT2D eigenvalue weighted by Crippen LogP contribution is 2.50. The summed E-state index contributed by atoms with van der Waals surface area (Å²) in [5, 5.41) is 19.5. The van der Waals surface area contributed by atoms with Crippen LogP contribution in [-0.2, 0) is 0 Å². The molecule has 0 aromatic heterocycles. The Bertz CT molecular complexity index is 3270. The van der Waals surface area contributed by atoms with E-state index in [9.17, 15) is 5.41 Å². The average molecular weight is 753 g/mol. The fourth-order valence-corrected chi connectivity index (χ4v) is 9.63. The molecule has 0 saturated carbocycles. The van der Waals surface area contributed by atoms with E-state index in [2.05, 4.69) is 187 Å². The third-order valence-corrected chi connectivity index (χ3v) is 12.4. The van der Waals surface area contributed by atoms with E-state index < -0.39 is 0 Å². The molecule has 2 heteroatoms. The van der Waals surface area contributed by atoms with Crippen LogP contribution in [0.25, 0.3) is 76.5 Å². The van der Waals surface area contributed by atoms with Gasteiger partial charge in [-0.15, -0.1) is 6.58 Å². The molecule has 0 saturated heterocycles. The molecule has 2 atom stereocenters. The SMILES string of the molecule is C=CC1C(C(=N)c2ccccc2)c2cc(-c3ccc4c(-c5ccc6ccccc6c5)c5ccccc5c(-c5ccc6ccccc6c5)c4c3)ccc2N1c1ccccc1. The number of anilines is 2. The van der Waals surface area contributed by atoms with E-state index in [1.165, 1.54) is 65.3 Å². The fourth-order valence-electron chi connectivity index (χ4n) is 9.63. The number of hydrogen-bond donors (Lipinski definition) is 1. The smallest absolute Gasteiger partial charge is 0.0645 e. The fraction of sp³-hybridized carbons (Fsp3) is 0.0351. The Kier molecular flexibility index (Phi) is 8.30. The van der Waals surface area contributed by atoms with Gasteiger partial charge in [0.15, 0.2) is 0 Å². The molecule has 1 aliphatic heterocycles. The number of fused-ring (bicyclic) bond motifs is 5. The summed E-state index contributed by atoms with van der Waals surface area (Å²) in [5.74, 6) is -0.206. The largest absolute Gasteiger partial charge is 0.333 e. The van der Waals surface area contributed by atoms with Crippen molar-refractivity contribution in [2.45, 2.75) is 12.0 Å². The van der Waals surface area contributed by atoms with Gasteiger partial charge < -0.3 is 10.3 Å². The van der Waals surface area contributed by atoms with Crippen molar-refractivity contribution in [3.63, 3.8) is 0 Å². The number of rotatable bonds is 7. The van der Waals surface area contributed by atoms with E-state index in [-0.39, 0.29) is 12.0 Å². The highest BCUT2D eigenvalue weighted by atomic mass is 15.2. The third kappa shape index (κ3) is 5.76. The second-order valence-corrected chi connectivity index (χ2v) is 15.6. The Morgan fingerprint density at radius 1 is 0.441 bits per heavy atom. The van der Waals surface area contributed by atoms with Crippen LogP contribution in [0.3, 0.4) is 0 Å². The van der Waals surface area contributed by atoms with E-state index in [0.717, 1.165) is 33.6 Å². The van der Waals surface area contributed by atoms with Gasteiger partial charge in [0.05, 0.1) is 12.0 Å². The molecular weight excluding hydrogens is 713 g/mol. The molecule has 1 heterocycles. The first kappa shape index (κ1) is 34.7. The maximum atomic E-state index is 9.67. The molecule has 1 aliphatic rings. The van der Waals surface area contributed by atoms with Crippen LogP contribution in [0.1, 0.15) is 17.0 Å². The molecule has 10 aromatic rings. The van der Waals surface area contributed by atoms with Gasteiger partial charge in [-0.05, 0) is 130 Å². The third-order valence-electron chi connectivity index (χ3n) is 12.4. The Hall–Kier alpha value is -7.55. The number of hydrogen-bond acceptors (Lipinski definition) is 2. The molecular formula is C57H40N2. The van der Waals surface area contributed by atoms with Crippen LogP contribution in [0.2, 0.25) is 0 Å². The number of para-hydroxylation sites is 1. The monoisotopic (exact) mass is 752 g/mol. The van der Waals surface area contributed by atoms with Gasteiger partial charge in [-0.3, -0.25) is 0 Å². The van der Waals surface area contributed by atoms with E-state index in [4.69, 9.17) is 0 Å². The number of benzene rings is 10. The summed E-state index contributed by atoms with van der Waals surface area (Å²) in [4.78, 5) is 2.36. The molecule has 59 heavy (non-hydrogen) atoms. The van der Waals surface area contributed by atoms with E-state index >= 15 is 0 Å². The molecule has 11 rings (SSSR count). The predicted molar refractivity (Wildman–Crippen MR) is 251 cm³/mol. The molecule has 10 aromatic carbocycles. The Labute approximate surface area is 344 Å². The van der Waals surface area contributed by atoms with Crippen LogP contribution in [-0.4, -0.2) is 11.8 Å². The second kappa shape index (κ2) is 14.1. The van der Waals surface area contributed by atoms with Crippen molar-refractivity contribution in [1.82, 2.24) is 0 Å². The highest BCUT2D eigenvalue weighted by Gasteiger charge is 2.40. The van der Waals surface area contributed by atoms with Gasteiger partial charge in [-0.1, -0.05) is 170 Å². The molecule has 0 aliphatic carbocycles. The Balaban J connectivity index is 1.16. The molecule has 0 fully saturated rings. The molecule has 0 radical (unpaired) electrons. The lowest BCUT2D eigenvalue weighted by Crippen LogP contribution is -2.31. The minimum atomic E-state index is -0.206. The summed E-state index contributed by atoms with van der Waals surface area (Å²) in [6, 6.07) is 74.3. The van der Waals surface area contributed by atoms with Crippen LogP contribution >= 0.6 is 0 Å². The second-order valence-electron chi connectivity index (χ2n) is 15.6. The van der Waals surface area contributed by atoms with Gasteiger partial charge in [0.25, 0.3) is 0 Å². The van der Waals surface area contributed by atoms with E-state index in [0.29, 0.717) is 5.71 Å². The van der Waals surface area contributed by atoms with Crippen LogP contribution in [0.5, 0.6) is 0 Å². The van der Waals surface area contributed by atoms with Crippen molar-refractivity contribution in [1.29, 1.82) is 5.41 Å². The van der Waals surface area contributed by atoms with Crippen molar-refractivity contribution in [2.24, 2.45) is 0 Å². The van der Waals surface area contributed by atoms with Crippen LogP contribution in [0.15, 0.2) is 219 Å². The number of nitrogens with one attached hydrogen (secondary N) is 1. The zero-order chi connectivity index (χ0) is 39.5. The van der Waals surface area contributed by atoms with Gasteiger partial charge in [-0.2, -0.15) is 0 Å². The maximum absolute atomic E-state index is 9.67. The van der Waals surface area contributed by atoms with Gasteiger partial charge >= 0.3 is 0 Å². The van der Waals surface area contributed by atoms with Crippen LogP contribution < -0.4 is 4.90 Å². The van der Waals surface area contributed by atoms with E-state index in [1.54, 1.807) is 0 Å². The molecule has 2 unspecified atom stereocenters. The van der Waals surface area contributed by atoms with Crippen LogP contribution in [0, 0.1) is 5.41 Å². The number of nitrogens with zero attached hydrogens (tertiary/aromatic N) is 1. The lowest BCUT2D eigenvalue weighted by atomic mass is 9.83. The minimum Gasteiger partial charge on any atom is -0.333 e. The molecule has 1 N–H and O–H groups in total. The lowest BCUT2D eigenvalue weighted by Gasteiger charge is -2.28. The first-order valence-electron chi connectivity index (χ1n) is 20.4. The average Bonchev–Trinajstić information content (AvgIpc) is 3.64. The lowest BCUT2D eigenvalue weighted by molar-refractivity contribution is 0.780. The molecule has 278 valence electrons.